The van der Waals surface area contributed by atoms with E-state index in [1.54, 1.807) is 23.1 Å². The normalized spacial score (nSPS) is 15.2. The van der Waals surface area contributed by atoms with E-state index in [0.29, 0.717) is 55.7 Å². The predicted octanol–water partition coefficient (Wildman–Crippen LogP) is 0.871. The standard InChI is InChI=1S/C20H27N5O3/c1-4-21-17(26)13-23-9-11-24(12-10-23)20(28)18-15-7-5-6-8-16(15)19(27)25(22-18)14(2)3/h5-8,14H,4,9-13H2,1-3H3,(H,21,26). The number of nitrogens with one attached hydrogen (secondary N) is 1. The first kappa shape index (κ1) is 20.0. The van der Waals surface area contributed by atoms with Gasteiger partial charge in [-0.05, 0) is 26.8 Å². The number of nitrogens with zero attached hydrogens (tertiary/aromatic N) is 4. The maximum Gasteiger partial charge on any atom is 0.275 e. The molecule has 8 nitrogen and oxygen atoms in total. The number of aromatic nitrogens is 2. The average molecular weight is 385 g/mol. The van der Waals surface area contributed by atoms with Crippen LogP contribution in [0.15, 0.2) is 29.1 Å². The van der Waals surface area contributed by atoms with E-state index < -0.39 is 0 Å². The Morgan fingerprint density at radius 2 is 1.75 bits per heavy atom. The number of amides is 2. The van der Waals surface area contributed by atoms with Crippen molar-refractivity contribution in [1.29, 1.82) is 0 Å². The van der Waals surface area contributed by atoms with Gasteiger partial charge in [-0.3, -0.25) is 19.3 Å². The summed E-state index contributed by atoms with van der Waals surface area (Å²) in [4.78, 5) is 41.4. The summed E-state index contributed by atoms with van der Waals surface area (Å²) in [5.74, 6) is -0.179. The zero-order valence-electron chi connectivity index (χ0n) is 16.6. The van der Waals surface area contributed by atoms with E-state index in [2.05, 4.69) is 10.4 Å². The van der Waals surface area contributed by atoms with E-state index in [1.165, 1.54) is 4.68 Å². The fourth-order valence-corrected chi connectivity index (χ4v) is 3.43. The van der Waals surface area contributed by atoms with E-state index in [-0.39, 0.29) is 23.4 Å². The molecule has 1 fully saturated rings. The van der Waals surface area contributed by atoms with Crippen LogP contribution in [-0.2, 0) is 4.79 Å². The van der Waals surface area contributed by atoms with Crippen LogP contribution >= 0.6 is 0 Å². The Morgan fingerprint density at radius 3 is 2.36 bits per heavy atom. The van der Waals surface area contributed by atoms with E-state index in [1.807, 2.05) is 31.7 Å². The Hall–Kier alpha value is -2.74. The van der Waals surface area contributed by atoms with Crippen LogP contribution < -0.4 is 10.9 Å². The van der Waals surface area contributed by atoms with Gasteiger partial charge >= 0.3 is 0 Å². The molecule has 150 valence electrons. The maximum absolute atomic E-state index is 13.2. The van der Waals surface area contributed by atoms with Gasteiger partial charge in [-0.15, -0.1) is 0 Å². The Balaban J connectivity index is 1.82. The van der Waals surface area contributed by atoms with Gasteiger partial charge in [0, 0.05) is 38.1 Å². The van der Waals surface area contributed by atoms with E-state index in [9.17, 15) is 14.4 Å². The lowest BCUT2D eigenvalue weighted by Gasteiger charge is -2.34. The highest BCUT2D eigenvalue weighted by atomic mass is 16.2. The molecule has 0 bridgehead atoms. The minimum Gasteiger partial charge on any atom is -0.355 e. The number of hydrogen-bond acceptors (Lipinski definition) is 5. The Kier molecular flexibility index (Phi) is 6.08. The van der Waals surface area contributed by atoms with E-state index in [4.69, 9.17) is 0 Å². The first-order valence-electron chi connectivity index (χ1n) is 9.72. The van der Waals surface area contributed by atoms with Gasteiger partial charge in [0.15, 0.2) is 5.69 Å². The predicted molar refractivity (Wildman–Crippen MR) is 107 cm³/mol. The summed E-state index contributed by atoms with van der Waals surface area (Å²) in [6, 6.07) is 6.97. The fraction of sp³-hybridized carbons (Fsp3) is 0.500. The molecular formula is C20H27N5O3. The summed E-state index contributed by atoms with van der Waals surface area (Å²) in [7, 11) is 0. The Morgan fingerprint density at radius 1 is 1.11 bits per heavy atom. The van der Waals surface area contributed by atoms with Crippen LogP contribution in [0.1, 0.15) is 37.3 Å². The molecule has 8 heteroatoms. The van der Waals surface area contributed by atoms with E-state index in [0.717, 1.165) is 0 Å². The molecule has 1 aliphatic heterocycles. The SMILES string of the molecule is CCNC(=O)CN1CCN(C(=O)c2nn(C(C)C)c(=O)c3ccccc23)CC1. The smallest absolute Gasteiger partial charge is 0.275 e. The van der Waals surface area contributed by atoms with Crippen LogP contribution in [-0.4, -0.2) is 70.7 Å². The first-order chi connectivity index (χ1) is 13.4. The minimum absolute atomic E-state index is 0.000975. The number of carbonyl (C=O) groups excluding carboxylic acids is 2. The molecule has 2 amide bonds. The van der Waals surface area contributed by atoms with Crippen molar-refractivity contribution in [1.82, 2.24) is 24.9 Å². The molecule has 1 aromatic carbocycles. The molecule has 0 aliphatic carbocycles. The maximum atomic E-state index is 13.2. The average Bonchev–Trinajstić information content (AvgIpc) is 2.68. The third-order valence-electron chi connectivity index (χ3n) is 4.92. The van der Waals surface area contributed by atoms with Crippen molar-refractivity contribution in [3.63, 3.8) is 0 Å². The van der Waals surface area contributed by atoms with Gasteiger partial charge in [-0.1, -0.05) is 18.2 Å². The van der Waals surface area contributed by atoms with Gasteiger partial charge in [0.1, 0.15) is 0 Å². The third kappa shape index (κ3) is 4.06. The van der Waals surface area contributed by atoms with Crippen molar-refractivity contribution in [2.75, 3.05) is 39.3 Å². The van der Waals surface area contributed by atoms with Crippen LogP contribution in [0, 0.1) is 0 Å². The lowest BCUT2D eigenvalue weighted by atomic mass is 10.1. The van der Waals surface area contributed by atoms with Crippen LogP contribution in [0.2, 0.25) is 0 Å². The van der Waals surface area contributed by atoms with Crippen molar-refractivity contribution in [3.05, 3.63) is 40.3 Å². The zero-order valence-corrected chi connectivity index (χ0v) is 16.6. The molecule has 1 saturated heterocycles. The van der Waals surface area contributed by atoms with E-state index >= 15 is 0 Å². The second-order valence-corrected chi connectivity index (χ2v) is 7.26. The number of benzene rings is 1. The molecule has 0 spiro atoms. The van der Waals surface area contributed by atoms with Crippen molar-refractivity contribution in [3.8, 4) is 0 Å². The Labute approximate surface area is 164 Å². The number of likely N-dealkylation sites (N-methyl/N-ethyl adjacent to an activating group) is 1. The van der Waals surface area contributed by atoms with Crippen LogP contribution in [0.3, 0.4) is 0 Å². The number of hydrogen-bond donors (Lipinski definition) is 1. The number of carbonyl (C=O) groups is 2. The van der Waals surface area contributed by atoms with Gasteiger partial charge in [-0.2, -0.15) is 5.10 Å². The fourth-order valence-electron chi connectivity index (χ4n) is 3.43. The van der Waals surface area contributed by atoms with Crippen LogP contribution in [0.5, 0.6) is 0 Å². The third-order valence-corrected chi connectivity index (χ3v) is 4.92. The molecule has 2 aromatic rings. The topological polar surface area (TPSA) is 87.5 Å². The second kappa shape index (κ2) is 8.52. The lowest BCUT2D eigenvalue weighted by molar-refractivity contribution is -0.122. The Bertz CT molecular complexity index is 929. The molecular weight excluding hydrogens is 358 g/mol. The van der Waals surface area contributed by atoms with Crippen molar-refractivity contribution in [2.24, 2.45) is 0 Å². The molecule has 28 heavy (non-hydrogen) atoms. The van der Waals surface area contributed by atoms with Crippen LogP contribution in [0.4, 0.5) is 0 Å². The molecule has 1 aliphatic rings. The zero-order chi connectivity index (χ0) is 20.3. The van der Waals surface area contributed by atoms with Gasteiger partial charge in [0.05, 0.1) is 18.0 Å². The first-order valence-corrected chi connectivity index (χ1v) is 9.72. The molecule has 0 atom stereocenters. The van der Waals surface area contributed by atoms with Crippen molar-refractivity contribution in [2.45, 2.75) is 26.8 Å². The number of piperazine rings is 1. The molecule has 3 rings (SSSR count). The second-order valence-electron chi connectivity index (χ2n) is 7.26. The molecule has 0 saturated carbocycles. The van der Waals surface area contributed by atoms with Crippen molar-refractivity contribution < 1.29 is 9.59 Å². The molecule has 1 N–H and O–H groups in total. The van der Waals surface area contributed by atoms with Crippen molar-refractivity contribution >= 4 is 22.6 Å². The minimum atomic E-state index is -0.186. The highest BCUT2D eigenvalue weighted by Crippen LogP contribution is 2.17. The summed E-state index contributed by atoms with van der Waals surface area (Å²) in [6.07, 6.45) is 0. The monoisotopic (exact) mass is 385 g/mol. The van der Waals surface area contributed by atoms with Crippen LogP contribution in [0.25, 0.3) is 10.8 Å². The largest absolute Gasteiger partial charge is 0.355 e. The highest BCUT2D eigenvalue weighted by molar-refractivity contribution is 6.04. The summed E-state index contributed by atoms with van der Waals surface area (Å²) < 4.78 is 1.38. The lowest BCUT2D eigenvalue weighted by Crippen LogP contribution is -2.51. The highest BCUT2D eigenvalue weighted by Gasteiger charge is 2.26. The summed E-state index contributed by atoms with van der Waals surface area (Å²) in [5.41, 5.74) is 0.120. The molecule has 1 aromatic heterocycles. The summed E-state index contributed by atoms with van der Waals surface area (Å²) >= 11 is 0. The molecule has 0 radical (unpaired) electrons. The summed E-state index contributed by atoms with van der Waals surface area (Å²) in [5, 5.41) is 8.28. The van der Waals surface area contributed by atoms with Gasteiger partial charge < -0.3 is 10.2 Å². The summed E-state index contributed by atoms with van der Waals surface area (Å²) in [6.45, 7) is 8.90. The quantitative estimate of drug-likeness (QED) is 0.825. The molecule has 0 unspecified atom stereocenters. The van der Waals surface area contributed by atoms with Gasteiger partial charge in [0.2, 0.25) is 5.91 Å². The van der Waals surface area contributed by atoms with Gasteiger partial charge in [-0.25, -0.2) is 4.68 Å². The number of rotatable bonds is 5. The van der Waals surface area contributed by atoms with Gasteiger partial charge in [0.25, 0.3) is 11.5 Å². The number of fused-ring (bicyclic) bond motifs is 1. The molecule has 2 heterocycles.